The topological polar surface area (TPSA) is 86.1 Å². The maximum Gasteiger partial charge on any atom is 0.330 e. The molecule has 2 heterocycles. The van der Waals surface area contributed by atoms with Gasteiger partial charge in [0.25, 0.3) is 0 Å². The molecule has 2 aromatic rings. The standard InChI is InChI=1S/C19H19NO6S/c1-12(21)20-14(11-27-18(20)17-8-5-9-25-17)19(23)26-10-15(22)13-6-3-4-7-16(13)24-2/h3-9,14,18H,10-11H2,1-2H3/t14-,18-/m1/s1. The van der Waals surface area contributed by atoms with Crippen LogP contribution in [0.1, 0.15) is 28.4 Å². The van der Waals surface area contributed by atoms with Crippen molar-refractivity contribution in [3.05, 3.63) is 54.0 Å². The normalized spacial score (nSPS) is 19.0. The summed E-state index contributed by atoms with van der Waals surface area (Å²) in [5, 5.41) is -0.389. The third-order valence-corrected chi connectivity index (χ3v) is 5.46. The SMILES string of the molecule is COc1ccccc1C(=O)COC(=O)[C@H]1CS[C@H](c2ccco2)N1C(C)=O. The van der Waals surface area contributed by atoms with Gasteiger partial charge >= 0.3 is 5.97 Å². The van der Waals surface area contributed by atoms with E-state index in [1.165, 1.54) is 37.0 Å². The molecule has 0 N–H and O–H groups in total. The number of thioether (sulfide) groups is 1. The van der Waals surface area contributed by atoms with Crippen LogP contribution in [0.15, 0.2) is 47.1 Å². The smallest absolute Gasteiger partial charge is 0.330 e. The Morgan fingerprint density at radius 3 is 2.67 bits per heavy atom. The highest BCUT2D eigenvalue weighted by molar-refractivity contribution is 7.99. The second kappa shape index (κ2) is 8.30. The van der Waals surface area contributed by atoms with E-state index >= 15 is 0 Å². The van der Waals surface area contributed by atoms with E-state index in [0.29, 0.717) is 22.8 Å². The van der Waals surface area contributed by atoms with E-state index in [4.69, 9.17) is 13.9 Å². The molecule has 1 fully saturated rings. The monoisotopic (exact) mass is 389 g/mol. The van der Waals surface area contributed by atoms with Crippen molar-refractivity contribution < 1.29 is 28.3 Å². The number of carbonyl (C=O) groups excluding carboxylic acids is 3. The average Bonchev–Trinajstić information content (AvgIpc) is 3.34. The molecule has 8 heteroatoms. The molecule has 142 valence electrons. The second-order valence-electron chi connectivity index (χ2n) is 5.87. The zero-order chi connectivity index (χ0) is 19.4. The zero-order valence-electron chi connectivity index (χ0n) is 14.9. The van der Waals surface area contributed by atoms with E-state index in [9.17, 15) is 14.4 Å². The van der Waals surface area contributed by atoms with Crippen molar-refractivity contribution >= 4 is 29.4 Å². The first-order valence-electron chi connectivity index (χ1n) is 8.29. The molecule has 3 rings (SSSR count). The van der Waals surface area contributed by atoms with Gasteiger partial charge in [-0.15, -0.1) is 11.8 Å². The fraction of sp³-hybridized carbons (Fsp3) is 0.316. The maximum atomic E-state index is 12.5. The lowest BCUT2D eigenvalue weighted by atomic mass is 10.1. The Hall–Kier alpha value is -2.74. The summed E-state index contributed by atoms with van der Waals surface area (Å²) in [5.74, 6) is 0.124. The average molecular weight is 389 g/mol. The molecule has 0 spiro atoms. The number of methoxy groups -OCH3 is 1. The summed E-state index contributed by atoms with van der Waals surface area (Å²) in [6, 6.07) is 9.43. The third-order valence-electron chi connectivity index (χ3n) is 4.18. The highest BCUT2D eigenvalue weighted by Gasteiger charge is 2.43. The van der Waals surface area contributed by atoms with Gasteiger partial charge in [-0.2, -0.15) is 0 Å². The summed E-state index contributed by atoms with van der Waals surface area (Å²) in [6.45, 7) is 0.972. The van der Waals surface area contributed by atoms with Gasteiger partial charge in [0, 0.05) is 12.7 Å². The van der Waals surface area contributed by atoms with E-state index < -0.39 is 18.6 Å². The Labute approximate surface area is 160 Å². The van der Waals surface area contributed by atoms with Gasteiger partial charge in [0.05, 0.1) is 18.9 Å². The van der Waals surface area contributed by atoms with Crippen LogP contribution in [-0.2, 0) is 14.3 Å². The summed E-state index contributed by atoms with van der Waals surface area (Å²) >= 11 is 1.42. The van der Waals surface area contributed by atoms with Crippen molar-refractivity contribution in [2.75, 3.05) is 19.5 Å². The number of carbonyl (C=O) groups is 3. The van der Waals surface area contributed by atoms with E-state index in [1.54, 1.807) is 36.4 Å². The largest absolute Gasteiger partial charge is 0.496 e. The number of hydrogen-bond acceptors (Lipinski definition) is 7. The van der Waals surface area contributed by atoms with Crippen LogP contribution in [0.2, 0.25) is 0 Å². The lowest BCUT2D eigenvalue weighted by molar-refractivity contribution is -0.152. The zero-order valence-corrected chi connectivity index (χ0v) is 15.7. The number of ether oxygens (including phenoxy) is 2. The summed E-state index contributed by atoms with van der Waals surface area (Å²) in [6.07, 6.45) is 1.52. The Balaban J connectivity index is 1.67. The lowest BCUT2D eigenvalue weighted by Gasteiger charge is -2.25. The second-order valence-corrected chi connectivity index (χ2v) is 6.99. The van der Waals surface area contributed by atoms with Crippen LogP contribution in [0, 0.1) is 0 Å². The Morgan fingerprint density at radius 1 is 1.22 bits per heavy atom. The summed E-state index contributed by atoms with van der Waals surface area (Å²) in [4.78, 5) is 38.4. The van der Waals surface area contributed by atoms with Crippen LogP contribution in [0.25, 0.3) is 0 Å². The number of rotatable bonds is 6. The molecule has 0 bridgehead atoms. The fourth-order valence-electron chi connectivity index (χ4n) is 2.91. The molecule has 2 atom stereocenters. The van der Waals surface area contributed by atoms with Gasteiger partial charge in [0.1, 0.15) is 22.9 Å². The molecule has 7 nitrogen and oxygen atoms in total. The number of nitrogens with zero attached hydrogens (tertiary/aromatic N) is 1. The van der Waals surface area contributed by atoms with Crippen molar-refractivity contribution in [2.45, 2.75) is 18.3 Å². The van der Waals surface area contributed by atoms with Crippen molar-refractivity contribution in [1.82, 2.24) is 4.90 Å². The molecule has 1 saturated heterocycles. The van der Waals surface area contributed by atoms with Gasteiger partial charge in [-0.05, 0) is 24.3 Å². The molecule has 1 aromatic heterocycles. The van der Waals surface area contributed by atoms with Crippen LogP contribution in [0.3, 0.4) is 0 Å². The maximum absolute atomic E-state index is 12.5. The Kier molecular flexibility index (Phi) is 5.85. The van der Waals surface area contributed by atoms with Crippen LogP contribution in [0.4, 0.5) is 0 Å². The number of benzene rings is 1. The molecule has 27 heavy (non-hydrogen) atoms. The number of ketones is 1. The summed E-state index contributed by atoms with van der Waals surface area (Å²) < 4.78 is 15.7. The molecule has 0 aliphatic carbocycles. The summed E-state index contributed by atoms with van der Waals surface area (Å²) in [7, 11) is 1.47. The molecule has 0 radical (unpaired) electrons. The van der Waals surface area contributed by atoms with Gasteiger partial charge in [-0.1, -0.05) is 12.1 Å². The van der Waals surface area contributed by atoms with E-state index in [2.05, 4.69) is 0 Å². The Morgan fingerprint density at radius 2 is 2.00 bits per heavy atom. The van der Waals surface area contributed by atoms with Crippen molar-refractivity contribution in [3.8, 4) is 5.75 Å². The number of esters is 1. The van der Waals surface area contributed by atoms with E-state index in [-0.39, 0.29) is 17.1 Å². The van der Waals surface area contributed by atoms with Crippen LogP contribution in [0.5, 0.6) is 5.75 Å². The number of furan rings is 1. The molecule has 1 aromatic carbocycles. The quantitative estimate of drug-likeness (QED) is 0.554. The molecule has 0 unspecified atom stereocenters. The van der Waals surface area contributed by atoms with Gasteiger partial charge in [0.15, 0.2) is 6.61 Å². The molecular formula is C19H19NO6S. The first-order chi connectivity index (χ1) is 13.0. The van der Waals surface area contributed by atoms with Gasteiger partial charge in [-0.25, -0.2) is 4.79 Å². The van der Waals surface area contributed by atoms with Gasteiger partial charge in [-0.3, -0.25) is 9.59 Å². The molecule has 1 aliphatic rings. The minimum atomic E-state index is -0.770. The first kappa shape index (κ1) is 19.0. The fourth-order valence-corrected chi connectivity index (χ4v) is 4.32. The number of amides is 1. The van der Waals surface area contributed by atoms with Crippen LogP contribution >= 0.6 is 11.8 Å². The van der Waals surface area contributed by atoms with Gasteiger partial charge in [0.2, 0.25) is 11.7 Å². The number of para-hydroxylation sites is 1. The van der Waals surface area contributed by atoms with E-state index in [1.807, 2.05) is 0 Å². The summed E-state index contributed by atoms with van der Waals surface area (Å²) in [5.41, 5.74) is 0.338. The molecule has 1 aliphatic heterocycles. The van der Waals surface area contributed by atoms with Crippen molar-refractivity contribution in [1.29, 1.82) is 0 Å². The predicted molar refractivity (Wildman–Crippen MR) is 98.5 cm³/mol. The van der Waals surface area contributed by atoms with Crippen molar-refractivity contribution in [2.24, 2.45) is 0 Å². The number of Topliss-reactive ketones (excluding diaryl/α,β-unsaturated/α-hetero) is 1. The molecule has 0 saturated carbocycles. The van der Waals surface area contributed by atoms with Crippen LogP contribution in [-0.4, -0.2) is 48.1 Å². The van der Waals surface area contributed by atoms with Gasteiger partial charge < -0.3 is 18.8 Å². The van der Waals surface area contributed by atoms with Crippen molar-refractivity contribution in [3.63, 3.8) is 0 Å². The van der Waals surface area contributed by atoms with Crippen LogP contribution < -0.4 is 4.74 Å². The lowest BCUT2D eigenvalue weighted by Crippen LogP contribution is -2.43. The third kappa shape index (κ3) is 4.00. The Bertz CT molecular complexity index is 834. The molecular weight excluding hydrogens is 370 g/mol. The predicted octanol–water partition coefficient (Wildman–Crippen LogP) is 2.68. The highest BCUT2D eigenvalue weighted by atomic mass is 32.2. The first-order valence-corrected chi connectivity index (χ1v) is 9.34. The highest BCUT2D eigenvalue weighted by Crippen LogP contribution is 2.41. The minimum absolute atomic E-state index is 0.264. The number of hydrogen-bond donors (Lipinski definition) is 0. The molecule has 1 amide bonds. The minimum Gasteiger partial charge on any atom is -0.496 e. The van der Waals surface area contributed by atoms with E-state index in [0.717, 1.165) is 0 Å².